The summed E-state index contributed by atoms with van der Waals surface area (Å²) in [5.74, 6) is -1.33. The van der Waals surface area contributed by atoms with Crippen LogP contribution >= 0.6 is 11.3 Å². The summed E-state index contributed by atoms with van der Waals surface area (Å²) < 4.78 is 16.6. The van der Waals surface area contributed by atoms with Gasteiger partial charge in [-0.1, -0.05) is 112 Å². The van der Waals surface area contributed by atoms with Gasteiger partial charge in [0, 0.05) is 43.0 Å². The van der Waals surface area contributed by atoms with Gasteiger partial charge in [0.05, 0.1) is 45.7 Å². The van der Waals surface area contributed by atoms with Crippen molar-refractivity contribution in [2.24, 2.45) is 5.41 Å². The fourth-order valence-electron chi connectivity index (χ4n) is 7.91. The number of thiophene rings is 1. The molecule has 6 rings (SSSR count). The maximum atomic E-state index is 14.0. The lowest BCUT2D eigenvalue weighted by atomic mass is 9.85. The first-order valence-corrected chi connectivity index (χ1v) is 24.3. The number of hydrogen-bond donors (Lipinski definition) is 5. The summed E-state index contributed by atoms with van der Waals surface area (Å²) >= 11 is 1.68. The Morgan fingerprint density at radius 2 is 1.57 bits per heavy atom. The summed E-state index contributed by atoms with van der Waals surface area (Å²) in [7, 11) is 1.56. The first-order chi connectivity index (χ1) is 33.7. The number of aliphatic hydroxyl groups is 1. The molecule has 0 saturated carbocycles. The van der Waals surface area contributed by atoms with Crippen LogP contribution in [-0.4, -0.2) is 109 Å². The minimum Gasteiger partial charge on any atom is -0.495 e. The lowest BCUT2D eigenvalue weighted by Gasteiger charge is -2.35. The third kappa shape index (κ3) is 15.7. The normalized spacial score (nSPS) is 15.1. The first kappa shape index (κ1) is 52.6. The summed E-state index contributed by atoms with van der Waals surface area (Å²) in [6, 6.07) is 27.3. The zero-order chi connectivity index (χ0) is 50.0. The van der Waals surface area contributed by atoms with E-state index in [1.165, 1.54) is 27.1 Å². The summed E-state index contributed by atoms with van der Waals surface area (Å²) in [4.78, 5) is 73.0. The van der Waals surface area contributed by atoms with Crippen LogP contribution in [-0.2, 0) is 54.6 Å². The number of aryl methyl sites for hydroxylation is 1. The molecule has 0 radical (unpaired) electrons. The maximum Gasteiger partial charge on any atom is 0.270 e. The minimum absolute atomic E-state index is 0.0300. The zero-order valence-electron chi connectivity index (χ0n) is 40.5. The van der Waals surface area contributed by atoms with Crippen molar-refractivity contribution in [2.75, 3.05) is 46.6 Å². The number of benzene rings is 3. The Bertz CT molecular complexity index is 2580. The molecule has 70 heavy (non-hydrogen) atoms. The summed E-state index contributed by atoms with van der Waals surface area (Å²) in [5.41, 5.74) is 6.26. The number of carbonyl (C=O) groups is 5. The molecule has 0 bridgehead atoms. The van der Waals surface area contributed by atoms with Gasteiger partial charge in [-0.2, -0.15) is 0 Å². The van der Waals surface area contributed by atoms with Crippen LogP contribution in [0.15, 0.2) is 109 Å². The van der Waals surface area contributed by atoms with Crippen molar-refractivity contribution in [2.45, 2.75) is 78.2 Å². The molecule has 5 aromatic rings. The highest BCUT2D eigenvalue weighted by Crippen LogP contribution is 2.30. The van der Waals surface area contributed by atoms with Gasteiger partial charge in [-0.3, -0.25) is 24.0 Å². The van der Waals surface area contributed by atoms with E-state index in [0.717, 1.165) is 34.2 Å². The molecular weight excluding hydrogens is 909 g/mol. The SMILES string of the molecule is COc1cnc(C(=O)NCc2cccc(CC(=O)NCCOCCOCC(=O)N[C@H](C(=O)N3C[C@H](O)C[C@H]3C(=O)NCc3ccc(-c4sccc4C)cc3)C(C)(C)C)c2)cc1/C=C/Cc1ccccc1. The minimum atomic E-state index is -0.990. The van der Waals surface area contributed by atoms with Crippen LogP contribution in [0, 0.1) is 12.3 Å². The van der Waals surface area contributed by atoms with Gasteiger partial charge in [-0.25, -0.2) is 4.98 Å². The number of hydrogen-bond acceptors (Lipinski definition) is 11. The van der Waals surface area contributed by atoms with E-state index in [1.807, 2.05) is 112 Å². The van der Waals surface area contributed by atoms with Crippen molar-refractivity contribution in [3.8, 4) is 16.2 Å². The van der Waals surface area contributed by atoms with Gasteiger partial charge < -0.3 is 45.5 Å². The van der Waals surface area contributed by atoms with E-state index in [0.29, 0.717) is 5.75 Å². The van der Waals surface area contributed by atoms with Crippen molar-refractivity contribution in [3.63, 3.8) is 0 Å². The number of rotatable bonds is 23. The van der Waals surface area contributed by atoms with E-state index in [2.05, 4.69) is 44.6 Å². The number of ether oxygens (including phenoxy) is 3. The van der Waals surface area contributed by atoms with Crippen LogP contribution in [0.4, 0.5) is 0 Å². The number of allylic oxidation sites excluding steroid dienone is 1. The molecule has 0 unspecified atom stereocenters. The van der Waals surface area contributed by atoms with Crippen LogP contribution in [0.2, 0.25) is 0 Å². The summed E-state index contributed by atoms with van der Waals surface area (Å²) in [6.07, 6.45) is 5.53. The Hall–Kier alpha value is -6.72. The van der Waals surface area contributed by atoms with Crippen LogP contribution in [0.25, 0.3) is 16.5 Å². The fraction of sp³-hybridized carbons (Fsp3) is 0.370. The number of nitrogens with one attached hydrogen (secondary N) is 4. The molecule has 1 aliphatic rings. The van der Waals surface area contributed by atoms with Crippen LogP contribution in [0.5, 0.6) is 5.75 Å². The number of nitrogens with zero attached hydrogens (tertiary/aromatic N) is 2. The van der Waals surface area contributed by atoms with Gasteiger partial charge in [0.2, 0.25) is 23.6 Å². The fourth-order valence-corrected chi connectivity index (χ4v) is 8.84. The number of aromatic nitrogens is 1. The molecule has 16 heteroatoms. The van der Waals surface area contributed by atoms with Crippen molar-refractivity contribution in [1.82, 2.24) is 31.2 Å². The molecule has 2 aromatic heterocycles. The van der Waals surface area contributed by atoms with Gasteiger partial charge in [0.25, 0.3) is 5.91 Å². The number of amides is 5. The predicted octanol–water partition coefficient (Wildman–Crippen LogP) is 5.81. The predicted molar refractivity (Wildman–Crippen MR) is 270 cm³/mol. The Morgan fingerprint density at radius 1 is 0.843 bits per heavy atom. The highest BCUT2D eigenvalue weighted by molar-refractivity contribution is 7.13. The lowest BCUT2D eigenvalue weighted by Crippen LogP contribution is -2.58. The van der Waals surface area contributed by atoms with Crippen LogP contribution < -0.4 is 26.0 Å². The molecule has 1 fully saturated rings. The standard InChI is InChI=1S/C54H64N6O9S/c1-36-21-26-70-49(36)41-19-17-38(18-20-41)31-58-52(65)45-30-43(61)34-60(45)53(66)50(54(2,3)4)59-48(63)35-69-25-24-68-23-22-55-47(62)28-39-14-9-15-40(27-39)32-57-51(64)44-29-42(46(67-5)33-56-44)16-10-13-37-11-7-6-8-12-37/h6-12,14-21,26-27,29,33,43,45,50,61H,13,22-25,28,30-32,34-35H2,1-5H3,(H,55,62)(H,57,64)(H,58,65)(H,59,63)/b16-10+/t43-,45+,50-/m1/s1. The van der Waals surface area contributed by atoms with E-state index in [4.69, 9.17) is 14.2 Å². The molecular formula is C54H64N6O9S. The third-order valence-corrected chi connectivity index (χ3v) is 12.7. The molecule has 5 amide bonds. The molecule has 5 N–H and O–H groups in total. The monoisotopic (exact) mass is 972 g/mol. The number of carbonyl (C=O) groups excluding carboxylic acids is 5. The number of β-amino-alcohol motifs (C(OH)–C–C–N with tert-alkyl or cyclic N) is 1. The van der Waals surface area contributed by atoms with Crippen molar-refractivity contribution < 1.29 is 43.3 Å². The molecule has 3 atom stereocenters. The highest BCUT2D eigenvalue weighted by atomic mass is 32.1. The van der Waals surface area contributed by atoms with Gasteiger partial charge in [0.15, 0.2) is 0 Å². The number of likely N-dealkylation sites (tertiary alicyclic amines) is 1. The second-order valence-electron chi connectivity index (χ2n) is 18.2. The van der Waals surface area contributed by atoms with Crippen molar-refractivity contribution >= 4 is 46.9 Å². The molecule has 3 heterocycles. The maximum absolute atomic E-state index is 14.0. The molecule has 370 valence electrons. The smallest absolute Gasteiger partial charge is 0.270 e. The Balaban J connectivity index is 0.861. The highest BCUT2D eigenvalue weighted by Gasteiger charge is 2.44. The quantitative estimate of drug-likeness (QED) is 0.0498. The molecule has 1 aliphatic heterocycles. The average Bonchev–Trinajstić information content (AvgIpc) is 3.97. The zero-order valence-corrected chi connectivity index (χ0v) is 41.3. The summed E-state index contributed by atoms with van der Waals surface area (Å²) in [6.45, 7) is 8.40. The Morgan fingerprint density at radius 3 is 2.30 bits per heavy atom. The average molecular weight is 973 g/mol. The van der Waals surface area contributed by atoms with Crippen LogP contribution in [0.3, 0.4) is 0 Å². The topological polar surface area (TPSA) is 198 Å². The molecule has 0 aliphatic carbocycles. The third-order valence-electron chi connectivity index (χ3n) is 11.7. The first-order valence-electron chi connectivity index (χ1n) is 23.4. The van der Waals surface area contributed by atoms with Crippen molar-refractivity contribution in [1.29, 1.82) is 0 Å². The van der Waals surface area contributed by atoms with Gasteiger partial charge in [-0.05, 0) is 69.7 Å². The second kappa shape index (κ2) is 25.8. The molecule has 3 aromatic carbocycles. The number of pyridine rings is 1. The van der Waals surface area contributed by atoms with E-state index in [9.17, 15) is 29.1 Å². The van der Waals surface area contributed by atoms with Gasteiger partial charge in [-0.15, -0.1) is 11.3 Å². The van der Waals surface area contributed by atoms with Crippen LogP contribution in [0.1, 0.15) is 71.1 Å². The number of methoxy groups -OCH3 is 1. The van der Waals surface area contributed by atoms with E-state index in [1.54, 1.807) is 24.5 Å². The lowest BCUT2D eigenvalue weighted by molar-refractivity contribution is -0.144. The number of aliphatic hydroxyl groups excluding tert-OH is 1. The Kier molecular flexibility index (Phi) is 19.4. The van der Waals surface area contributed by atoms with Crippen molar-refractivity contribution in [3.05, 3.63) is 148 Å². The van der Waals surface area contributed by atoms with E-state index >= 15 is 0 Å². The van der Waals surface area contributed by atoms with Gasteiger partial charge >= 0.3 is 0 Å². The van der Waals surface area contributed by atoms with E-state index < -0.39 is 35.4 Å². The molecule has 15 nitrogen and oxygen atoms in total. The second-order valence-corrected chi connectivity index (χ2v) is 19.1. The van der Waals surface area contributed by atoms with Gasteiger partial charge in [0.1, 0.15) is 30.1 Å². The van der Waals surface area contributed by atoms with E-state index in [-0.39, 0.29) is 88.9 Å². The Labute approximate surface area is 414 Å². The molecule has 0 spiro atoms. The molecule has 1 saturated heterocycles. The summed E-state index contributed by atoms with van der Waals surface area (Å²) in [5, 5.41) is 24.1. The largest absolute Gasteiger partial charge is 0.495 e.